The Kier molecular flexibility index (Phi) is 4.11. The predicted octanol–water partition coefficient (Wildman–Crippen LogP) is 3.25. The van der Waals surface area contributed by atoms with Crippen molar-refractivity contribution in [3.8, 4) is 34.4 Å². The summed E-state index contributed by atoms with van der Waals surface area (Å²) in [4.78, 5) is 0. The predicted molar refractivity (Wildman–Crippen MR) is 76.2 cm³/mol. The van der Waals surface area contributed by atoms with E-state index in [4.69, 9.17) is 14.2 Å². The highest BCUT2D eigenvalue weighted by atomic mass is 16.5. The van der Waals surface area contributed by atoms with E-state index in [2.05, 4.69) is 6.07 Å². The maximum absolute atomic E-state index is 9.25. The summed E-state index contributed by atoms with van der Waals surface area (Å²) in [5.41, 5.74) is 2.08. The number of nitrogens with zero attached hydrogens (tertiary/aromatic N) is 1. The van der Waals surface area contributed by atoms with Crippen LogP contribution < -0.4 is 14.2 Å². The molecule has 0 aliphatic rings. The second-order valence-corrected chi connectivity index (χ2v) is 4.06. The van der Waals surface area contributed by atoms with Crippen molar-refractivity contribution in [1.29, 1.82) is 5.26 Å². The van der Waals surface area contributed by atoms with E-state index >= 15 is 0 Å². The first-order chi connectivity index (χ1) is 9.74. The molecule has 0 unspecified atom stereocenters. The molecule has 0 aliphatic carbocycles. The standard InChI is InChI=1S/C16H15NO3/c1-18-12-8-14(19-2)16(15(9-12)20-3)13-7-5-4-6-11(13)10-17/h4-9H,1-3H3. The molecule has 0 N–H and O–H groups in total. The number of ether oxygens (including phenoxy) is 3. The summed E-state index contributed by atoms with van der Waals surface area (Å²) in [6, 6.07) is 13.0. The smallest absolute Gasteiger partial charge is 0.134 e. The van der Waals surface area contributed by atoms with Gasteiger partial charge in [0, 0.05) is 17.7 Å². The molecule has 4 heteroatoms. The summed E-state index contributed by atoms with van der Waals surface area (Å²) in [7, 11) is 4.73. The van der Waals surface area contributed by atoms with E-state index in [9.17, 15) is 5.26 Å². The molecule has 0 bridgehead atoms. The summed E-state index contributed by atoms with van der Waals surface area (Å²) in [5, 5.41) is 9.25. The topological polar surface area (TPSA) is 51.5 Å². The molecule has 0 fully saturated rings. The van der Waals surface area contributed by atoms with E-state index in [1.807, 2.05) is 18.2 Å². The van der Waals surface area contributed by atoms with Crippen LogP contribution in [0.1, 0.15) is 5.56 Å². The molecule has 0 spiro atoms. The zero-order chi connectivity index (χ0) is 14.5. The highest BCUT2D eigenvalue weighted by Crippen LogP contribution is 2.42. The van der Waals surface area contributed by atoms with Crippen LogP contribution in [0.3, 0.4) is 0 Å². The van der Waals surface area contributed by atoms with Crippen molar-refractivity contribution in [2.24, 2.45) is 0 Å². The van der Waals surface area contributed by atoms with Gasteiger partial charge in [-0.2, -0.15) is 5.26 Å². The lowest BCUT2D eigenvalue weighted by molar-refractivity contribution is 0.377. The quantitative estimate of drug-likeness (QED) is 0.855. The first kappa shape index (κ1) is 13.8. The van der Waals surface area contributed by atoms with E-state index in [1.165, 1.54) is 0 Å². The average molecular weight is 269 g/mol. The molecule has 0 amide bonds. The molecule has 2 aromatic rings. The largest absolute Gasteiger partial charge is 0.496 e. The van der Waals surface area contributed by atoms with Gasteiger partial charge >= 0.3 is 0 Å². The van der Waals surface area contributed by atoms with E-state index in [1.54, 1.807) is 39.5 Å². The van der Waals surface area contributed by atoms with Crippen LogP contribution in [0.2, 0.25) is 0 Å². The molecule has 4 nitrogen and oxygen atoms in total. The third-order valence-electron chi connectivity index (χ3n) is 3.03. The zero-order valence-corrected chi connectivity index (χ0v) is 11.6. The number of rotatable bonds is 4. The Bertz CT molecular complexity index is 634. The minimum Gasteiger partial charge on any atom is -0.496 e. The maximum atomic E-state index is 9.25. The fraction of sp³-hybridized carbons (Fsp3) is 0.188. The van der Waals surface area contributed by atoms with Gasteiger partial charge in [-0.15, -0.1) is 0 Å². The molecule has 20 heavy (non-hydrogen) atoms. The number of nitriles is 1. The summed E-state index contributed by atoms with van der Waals surface area (Å²) < 4.78 is 16.1. The van der Waals surface area contributed by atoms with Crippen LogP contribution in [-0.2, 0) is 0 Å². The van der Waals surface area contributed by atoms with Gasteiger partial charge in [0.15, 0.2) is 0 Å². The van der Waals surface area contributed by atoms with Crippen LogP contribution in [0.5, 0.6) is 17.2 Å². The summed E-state index contributed by atoms with van der Waals surface area (Å²) >= 11 is 0. The SMILES string of the molecule is COc1cc(OC)c(-c2ccccc2C#N)c(OC)c1. The van der Waals surface area contributed by atoms with Gasteiger partial charge in [-0.05, 0) is 6.07 Å². The number of hydrogen-bond acceptors (Lipinski definition) is 4. The van der Waals surface area contributed by atoms with E-state index in [0.29, 0.717) is 22.8 Å². The molecule has 2 rings (SSSR count). The van der Waals surface area contributed by atoms with Gasteiger partial charge in [-0.3, -0.25) is 0 Å². The Morgan fingerprint density at radius 2 is 1.50 bits per heavy atom. The van der Waals surface area contributed by atoms with Crippen LogP contribution >= 0.6 is 0 Å². The van der Waals surface area contributed by atoms with Crippen molar-refractivity contribution in [1.82, 2.24) is 0 Å². The Morgan fingerprint density at radius 1 is 0.900 bits per heavy atom. The molecule has 2 aromatic carbocycles. The minimum absolute atomic E-state index is 0.564. The van der Waals surface area contributed by atoms with Crippen molar-refractivity contribution in [2.75, 3.05) is 21.3 Å². The monoisotopic (exact) mass is 269 g/mol. The summed E-state index contributed by atoms with van der Waals surface area (Å²) in [6.45, 7) is 0. The van der Waals surface area contributed by atoms with Crippen LogP contribution in [0.4, 0.5) is 0 Å². The Balaban J connectivity index is 2.75. The molecule has 0 atom stereocenters. The van der Waals surface area contributed by atoms with Gasteiger partial charge in [0.1, 0.15) is 17.2 Å². The average Bonchev–Trinajstić information content (AvgIpc) is 2.53. The van der Waals surface area contributed by atoms with Crippen LogP contribution in [0.15, 0.2) is 36.4 Å². The van der Waals surface area contributed by atoms with Crippen molar-refractivity contribution in [3.63, 3.8) is 0 Å². The number of hydrogen-bond donors (Lipinski definition) is 0. The maximum Gasteiger partial charge on any atom is 0.134 e. The molecular weight excluding hydrogens is 254 g/mol. The van der Waals surface area contributed by atoms with Crippen LogP contribution in [0.25, 0.3) is 11.1 Å². The van der Waals surface area contributed by atoms with Gasteiger partial charge < -0.3 is 14.2 Å². The number of benzene rings is 2. The first-order valence-corrected chi connectivity index (χ1v) is 6.04. The lowest BCUT2D eigenvalue weighted by Crippen LogP contribution is -1.96. The molecule has 0 radical (unpaired) electrons. The van der Waals surface area contributed by atoms with Crippen molar-refractivity contribution < 1.29 is 14.2 Å². The Hall–Kier alpha value is -2.67. The van der Waals surface area contributed by atoms with E-state index in [0.717, 1.165) is 11.1 Å². The second-order valence-electron chi connectivity index (χ2n) is 4.06. The second kappa shape index (κ2) is 5.98. The van der Waals surface area contributed by atoms with Crippen LogP contribution in [0, 0.1) is 11.3 Å². The molecule has 0 saturated heterocycles. The minimum atomic E-state index is 0.564. The number of methoxy groups -OCH3 is 3. The van der Waals surface area contributed by atoms with Gasteiger partial charge in [0.05, 0.1) is 38.5 Å². The Labute approximate surface area is 118 Å². The highest BCUT2D eigenvalue weighted by Gasteiger charge is 2.17. The molecule has 0 aliphatic heterocycles. The lowest BCUT2D eigenvalue weighted by Gasteiger charge is -2.16. The van der Waals surface area contributed by atoms with Gasteiger partial charge in [0.2, 0.25) is 0 Å². The molecule has 0 saturated carbocycles. The van der Waals surface area contributed by atoms with Gasteiger partial charge in [-0.1, -0.05) is 18.2 Å². The third-order valence-corrected chi connectivity index (χ3v) is 3.03. The molecule has 0 heterocycles. The normalized spacial score (nSPS) is 9.70. The molecular formula is C16H15NO3. The summed E-state index contributed by atoms with van der Waals surface area (Å²) in [5.74, 6) is 1.84. The summed E-state index contributed by atoms with van der Waals surface area (Å²) in [6.07, 6.45) is 0. The van der Waals surface area contributed by atoms with Crippen molar-refractivity contribution in [2.45, 2.75) is 0 Å². The fourth-order valence-electron chi connectivity index (χ4n) is 2.07. The van der Waals surface area contributed by atoms with E-state index < -0.39 is 0 Å². The Morgan fingerprint density at radius 3 is 2.00 bits per heavy atom. The highest BCUT2D eigenvalue weighted by molar-refractivity contribution is 5.82. The van der Waals surface area contributed by atoms with Crippen LogP contribution in [-0.4, -0.2) is 21.3 Å². The molecule has 102 valence electrons. The van der Waals surface area contributed by atoms with Crippen molar-refractivity contribution >= 4 is 0 Å². The zero-order valence-electron chi connectivity index (χ0n) is 11.6. The lowest BCUT2D eigenvalue weighted by atomic mass is 9.98. The first-order valence-electron chi connectivity index (χ1n) is 6.04. The van der Waals surface area contributed by atoms with Gasteiger partial charge in [-0.25, -0.2) is 0 Å². The van der Waals surface area contributed by atoms with Gasteiger partial charge in [0.25, 0.3) is 0 Å². The third kappa shape index (κ3) is 2.39. The molecule has 0 aromatic heterocycles. The van der Waals surface area contributed by atoms with Crippen molar-refractivity contribution in [3.05, 3.63) is 42.0 Å². The van der Waals surface area contributed by atoms with E-state index in [-0.39, 0.29) is 0 Å². The fourth-order valence-corrected chi connectivity index (χ4v) is 2.07.